The zero-order valence-corrected chi connectivity index (χ0v) is 9.31. The molecule has 0 saturated heterocycles. The van der Waals surface area contributed by atoms with Crippen molar-refractivity contribution in [2.24, 2.45) is 0 Å². The van der Waals surface area contributed by atoms with Crippen LogP contribution in [0.5, 0.6) is 0 Å². The smallest absolute Gasteiger partial charge is 0.319 e. The first-order chi connectivity index (χ1) is 8.34. The molecule has 0 aliphatic heterocycles. The Morgan fingerprint density at radius 3 is 2.47 bits per heavy atom. The second-order valence-electron chi connectivity index (χ2n) is 3.58. The molecule has 17 heavy (non-hydrogen) atoms. The molecule has 2 aromatic rings. The van der Waals surface area contributed by atoms with Gasteiger partial charge in [-0.1, -0.05) is 42.5 Å². The van der Waals surface area contributed by atoms with Gasteiger partial charge in [-0.3, -0.25) is 0 Å². The van der Waals surface area contributed by atoms with Crippen molar-refractivity contribution in [1.82, 2.24) is 5.32 Å². The maximum atomic E-state index is 11.6. The van der Waals surface area contributed by atoms with E-state index in [0.29, 0.717) is 6.54 Å². The maximum absolute atomic E-state index is 11.6. The van der Waals surface area contributed by atoms with E-state index in [0.717, 1.165) is 11.3 Å². The number of carbonyl (C=O) groups is 1. The van der Waals surface area contributed by atoms with Gasteiger partial charge in [0, 0.05) is 12.2 Å². The minimum atomic E-state index is -0.205. The van der Waals surface area contributed by atoms with Crippen LogP contribution in [-0.2, 0) is 6.54 Å². The van der Waals surface area contributed by atoms with Gasteiger partial charge in [0.15, 0.2) is 0 Å². The standard InChI is InChI=1S/C14H13N2O/c17-14(16-13-9-5-2-6-10-13)15-11-12-7-3-1-4-8-12/h2-10H,11H2,(H2,15,16,17). The summed E-state index contributed by atoms with van der Waals surface area (Å²) in [5, 5.41) is 5.54. The number of carbonyl (C=O) groups excluding carboxylic acids is 1. The largest absolute Gasteiger partial charge is 0.334 e. The van der Waals surface area contributed by atoms with E-state index >= 15 is 0 Å². The zero-order valence-electron chi connectivity index (χ0n) is 9.31. The molecule has 85 valence electrons. The zero-order chi connectivity index (χ0) is 11.9. The lowest BCUT2D eigenvalue weighted by Gasteiger charge is -2.07. The topological polar surface area (TPSA) is 41.1 Å². The van der Waals surface area contributed by atoms with Gasteiger partial charge in [0.2, 0.25) is 0 Å². The lowest BCUT2D eigenvalue weighted by Crippen LogP contribution is -2.28. The molecular weight excluding hydrogens is 212 g/mol. The molecule has 0 aliphatic carbocycles. The summed E-state index contributed by atoms with van der Waals surface area (Å²) in [6.45, 7) is 0.507. The number of rotatable bonds is 3. The summed E-state index contributed by atoms with van der Waals surface area (Å²) in [6, 6.07) is 19.6. The molecule has 0 unspecified atom stereocenters. The SMILES string of the molecule is O=C(NCc1cc[c]cc1)Nc1ccccc1. The first kappa shape index (κ1) is 11.2. The van der Waals surface area contributed by atoms with Gasteiger partial charge >= 0.3 is 6.03 Å². The first-order valence-electron chi connectivity index (χ1n) is 5.39. The Labute approximate surface area is 100 Å². The first-order valence-corrected chi connectivity index (χ1v) is 5.39. The number of hydrogen-bond donors (Lipinski definition) is 2. The predicted molar refractivity (Wildman–Crippen MR) is 67.6 cm³/mol. The molecule has 2 aromatic carbocycles. The number of nitrogens with one attached hydrogen (secondary N) is 2. The van der Waals surface area contributed by atoms with Crippen LogP contribution < -0.4 is 10.6 Å². The summed E-state index contributed by atoms with van der Waals surface area (Å²) in [5.41, 5.74) is 1.83. The van der Waals surface area contributed by atoms with Crippen LogP contribution in [0.1, 0.15) is 5.56 Å². The van der Waals surface area contributed by atoms with Gasteiger partial charge in [-0.2, -0.15) is 0 Å². The third-order valence-corrected chi connectivity index (χ3v) is 2.27. The fraction of sp³-hybridized carbons (Fsp3) is 0.0714. The molecule has 0 aliphatic rings. The van der Waals surface area contributed by atoms with Crippen LogP contribution in [0.4, 0.5) is 10.5 Å². The Bertz CT molecular complexity index is 468. The predicted octanol–water partition coefficient (Wildman–Crippen LogP) is 2.81. The van der Waals surface area contributed by atoms with Crippen LogP contribution in [0.2, 0.25) is 0 Å². The Morgan fingerprint density at radius 1 is 1.06 bits per heavy atom. The lowest BCUT2D eigenvalue weighted by atomic mass is 10.2. The van der Waals surface area contributed by atoms with E-state index < -0.39 is 0 Å². The minimum absolute atomic E-state index is 0.205. The molecule has 0 fully saturated rings. The molecule has 0 spiro atoms. The normalized spacial score (nSPS) is 9.65. The summed E-state index contributed by atoms with van der Waals surface area (Å²) >= 11 is 0. The van der Waals surface area contributed by atoms with Crippen molar-refractivity contribution in [1.29, 1.82) is 0 Å². The Hall–Kier alpha value is -2.29. The number of para-hydroxylation sites is 1. The van der Waals surface area contributed by atoms with Gasteiger partial charge in [0.25, 0.3) is 0 Å². The molecule has 0 atom stereocenters. The van der Waals surface area contributed by atoms with E-state index in [2.05, 4.69) is 16.7 Å². The Balaban J connectivity index is 1.83. The van der Waals surface area contributed by atoms with Gasteiger partial charge in [-0.05, 0) is 23.8 Å². The van der Waals surface area contributed by atoms with E-state index in [9.17, 15) is 4.79 Å². The molecule has 0 aromatic heterocycles. The monoisotopic (exact) mass is 225 g/mol. The number of anilines is 1. The van der Waals surface area contributed by atoms with Crippen molar-refractivity contribution in [3.05, 3.63) is 66.2 Å². The fourth-order valence-corrected chi connectivity index (χ4v) is 1.42. The maximum Gasteiger partial charge on any atom is 0.319 e. The Kier molecular flexibility index (Phi) is 3.76. The van der Waals surface area contributed by atoms with Crippen LogP contribution in [0, 0.1) is 6.07 Å². The van der Waals surface area contributed by atoms with Crippen molar-refractivity contribution in [3.63, 3.8) is 0 Å². The molecule has 2 N–H and O–H groups in total. The van der Waals surface area contributed by atoms with Gasteiger partial charge in [-0.25, -0.2) is 4.79 Å². The van der Waals surface area contributed by atoms with E-state index in [1.54, 1.807) is 0 Å². The molecular formula is C14H13N2O. The molecule has 1 radical (unpaired) electrons. The number of urea groups is 1. The van der Waals surface area contributed by atoms with Crippen LogP contribution in [0.25, 0.3) is 0 Å². The summed E-state index contributed by atoms with van der Waals surface area (Å²) in [6.07, 6.45) is 0. The van der Waals surface area contributed by atoms with Crippen molar-refractivity contribution in [3.8, 4) is 0 Å². The number of amides is 2. The highest BCUT2D eigenvalue weighted by Gasteiger charge is 2.00. The van der Waals surface area contributed by atoms with Crippen LogP contribution >= 0.6 is 0 Å². The molecule has 0 bridgehead atoms. The van der Waals surface area contributed by atoms with Gasteiger partial charge < -0.3 is 10.6 Å². The quantitative estimate of drug-likeness (QED) is 0.828. The van der Waals surface area contributed by atoms with Crippen LogP contribution in [0.15, 0.2) is 54.6 Å². The summed E-state index contributed by atoms with van der Waals surface area (Å²) in [7, 11) is 0. The van der Waals surface area contributed by atoms with E-state index in [4.69, 9.17) is 0 Å². The van der Waals surface area contributed by atoms with Crippen molar-refractivity contribution >= 4 is 11.7 Å². The third-order valence-electron chi connectivity index (χ3n) is 2.27. The molecule has 2 rings (SSSR count). The minimum Gasteiger partial charge on any atom is -0.334 e. The Morgan fingerprint density at radius 2 is 1.76 bits per heavy atom. The average Bonchev–Trinajstić information content (AvgIpc) is 2.39. The lowest BCUT2D eigenvalue weighted by molar-refractivity contribution is 0.251. The highest BCUT2D eigenvalue weighted by molar-refractivity contribution is 5.89. The second kappa shape index (κ2) is 5.70. The summed E-state index contributed by atoms with van der Waals surface area (Å²) in [5.74, 6) is 0. The van der Waals surface area contributed by atoms with E-state index in [-0.39, 0.29) is 6.03 Å². The van der Waals surface area contributed by atoms with Crippen molar-refractivity contribution < 1.29 is 4.79 Å². The van der Waals surface area contributed by atoms with Crippen molar-refractivity contribution in [2.75, 3.05) is 5.32 Å². The molecule has 3 heteroatoms. The van der Waals surface area contributed by atoms with Crippen molar-refractivity contribution in [2.45, 2.75) is 6.54 Å². The number of hydrogen-bond acceptors (Lipinski definition) is 1. The van der Waals surface area contributed by atoms with Gasteiger partial charge in [-0.15, -0.1) is 0 Å². The highest BCUT2D eigenvalue weighted by Crippen LogP contribution is 2.04. The molecule has 2 amide bonds. The second-order valence-corrected chi connectivity index (χ2v) is 3.58. The van der Waals surface area contributed by atoms with E-state index in [1.807, 2.05) is 54.6 Å². The average molecular weight is 225 g/mol. The van der Waals surface area contributed by atoms with Crippen LogP contribution in [0.3, 0.4) is 0 Å². The molecule has 0 heterocycles. The summed E-state index contributed by atoms with van der Waals surface area (Å²) < 4.78 is 0. The van der Waals surface area contributed by atoms with Gasteiger partial charge in [0.1, 0.15) is 0 Å². The van der Waals surface area contributed by atoms with E-state index in [1.165, 1.54) is 0 Å². The highest BCUT2D eigenvalue weighted by atomic mass is 16.2. The summed E-state index contributed by atoms with van der Waals surface area (Å²) in [4.78, 5) is 11.6. The molecule has 0 saturated carbocycles. The van der Waals surface area contributed by atoms with Crippen LogP contribution in [-0.4, -0.2) is 6.03 Å². The fourth-order valence-electron chi connectivity index (χ4n) is 1.42. The number of benzene rings is 2. The van der Waals surface area contributed by atoms with Gasteiger partial charge in [0.05, 0.1) is 0 Å². The third kappa shape index (κ3) is 3.65. The molecule has 3 nitrogen and oxygen atoms in total.